The summed E-state index contributed by atoms with van der Waals surface area (Å²) < 4.78 is 6.34. The van der Waals surface area contributed by atoms with Crippen molar-refractivity contribution in [2.45, 2.75) is 32.3 Å². The van der Waals surface area contributed by atoms with Crippen LogP contribution in [0.4, 0.5) is 0 Å². The van der Waals surface area contributed by atoms with Gasteiger partial charge in [-0.15, -0.1) is 0 Å². The van der Waals surface area contributed by atoms with E-state index >= 15 is 0 Å². The second-order valence-electron chi connectivity index (χ2n) is 5.41. The van der Waals surface area contributed by atoms with Gasteiger partial charge in [0.15, 0.2) is 0 Å². The third kappa shape index (κ3) is 6.11. The predicted molar refractivity (Wildman–Crippen MR) is 91.3 cm³/mol. The predicted octanol–water partition coefficient (Wildman–Crippen LogP) is 2.24. The second kappa shape index (κ2) is 8.79. The molecule has 1 unspecified atom stereocenters. The lowest BCUT2D eigenvalue weighted by Gasteiger charge is -2.10. The van der Waals surface area contributed by atoms with Gasteiger partial charge in [0, 0.05) is 28.9 Å². The van der Waals surface area contributed by atoms with E-state index in [9.17, 15) is 9.59 Å². The largest absolute Gasteiger partial charge is 0.376 e. The topological polar surface area (TPSA) is 79.8 Å². The molecule has 0 spiro atoms. The number of hydrazone groups is 1. The third-order valence-corrected chi connectivity index (χ3v) is 3.95. The number of rotatable bonds is 6. The highest BCUT2D eigenvalue weighted by Gasteiger charge is 2.16. The van der Waals surface area contributed by atoms with Gasteiger partial charge in [0.05, 0.1) is 12.5 Å². The summed E-state index contributed by atoms with van der Waals surface area (Å²) >= 11 is 3.31. The number of carbonyl (C=O) groups is 2. The molecule has 7 heteroatoms. The molecule has 1 aromatic rings. The van der Waals surface area contributed by atoms with E-state index in [-0.39, 0.29) is 24.3 Å². The Bertz CT molecular complexity index is 581. The molecule has 0 aliphatic carbocycles. The molecule has 23 heavy (non-hydrogen) atoms. The fraction of sp³-hybridized carbons (Fsp3) is 0.438. The van der Waals surface area contributed by atoms with Gasteiger partial charge in [-0.2, -0.15) is 5.10 Å². The molecule has 0 saturated carbocycles. The Morgan fingerprint density at radius 3 is 2.74 bits per heavy atom. The summed E-state index contributed by atoms with van der Waals surface area (Å²) in [7, 11) is 0. The minimum absolute atomic E-state index is 0.119. The van der Waals surface area contributed by atoms with Crippen LogP contribution in [-0.2, 0) is 9.53 Å². The van der Waals surface area contributed by atoms with Crippen molar-refractivity contribution in [2.24, 2.45) is 5.10 Å². The average Bonchev–Trinajstić information content (AvgIpc) is 3.05. The van der Waals surface area contributed by atoms with Crippen LogP contribution in [0.15, 0.2) is 33.8 Å². The normalized spacial score (nSPS) is 17.8. The van der Waals surface area contributed by atoms with Crippen LogP contribution in [0.1, 0.15) is 36.5 Å². The quantitative estimate of drug-likeness (QED) is 0.585. The summed E-state index contributed by atoms with van der Waals surface area (Å²) in [5.41, 5.74) is 3.50. The van der Waals surface area contributed by atoms with Crippen LogP contribution in [-0.4, -0.2) is 36.8 Å². The molecule has 2 N–H and O–H groups in total. The highest BCUT2D eigenvalue weighted by molar-refractivity contribution is 9.10. The number of nitrogens with one attached hydrogen (secondary N) is 2. The maximum Gasteiger partial charge on any atom is 0.271 e. The molecule has 1 aliphatic heterocycles. The number of nitrogens with zero attached hydrogens (tertiary/aromatic N) is 1. The van der Waals surface area contributed by atoms with E-state index in [4.69, 9.17) is 4.74 Å². The van der Waals surface area contributed by atoms with Crippen LogP contribution in [0.3, 0.4) is 0 Å². The van der Waals surface area contributed by atoms with Crippen molar-refractivity contribution in [3.8, 4) is 0 Å². The number of amides is 2. The lowest BCUT2D eigenvalue weighted by atomic mass is 10.2. The lowest BCUT2D eigenvalue weighted by molar-refractivity contribution is -0.120. The number of halogens is 1. The van der Waals surface area contributed by atoms with Crippen molar-refractivity contribution >= 4 is 33.5 Å². The van der Waals surface area contributed by atoms with Gasteiger partial charge in [0.2, 0.25) is 5.91 Å². The Hall–Kier alpha value is -1.73. The van der Waals surface area contributed by atoms with E-state index in [1.54, 1.807) is 31.2 Å². The Labute approximate surface area is 143 Å². The SMILES string of the molecule is C/C(CC(=O)NCC1CCCO1)=N\NC(=O)c1ccc(Br)cc1. The molecule has 1 aliphatic rings. The van der Waals surface area contributed by atoms with Crippen LogP contribution in [0, 0.1) is 0 Å². The van der Waals surface area contributed by atoms with E-state index in [2.05, 4.69) is 31.8 Å². The van der Waals surface area contributed by atoms with Crippen molar-refractivity contribution in [3.63, 3.8) is 0 Å². The number of benzene rings is 1. The highest BCUT2D eigenvalue weighted by atomic mass is 79.9. The summed E-state index contributed by atoms with van der Waals surface area (Å²) in [5, 5.41) is 6.77. The average molecular weight is 382 g/mol. The summed E-state index contributed by atoms with van der Waals surface area (Å²) in [6.07, 6.45) is 2.29. The van der Waals surface area contributed by atoms with Crippen LogP contribution in [0.5, 0.6) is 0 Å². The van der Waals surface area contributed by atoms with Gasteiger partial charge in [0.1, 0.15) is 0 Å². The second-order valence-corrected chi connectivity index (χ2v) is 6.33. The summed E-state index contributed by atoms with van der Waals surface area (Å²) in [6, 6.07) is 6.95. The first kappa shape index (κ1) is 17.6. The molecule has 6 nitrogen and oxygen atoms in total. The molecule has 124 valence electrons. The van der Waals surface area contributed by atoms with Gasteiger partial charge in [-0.3, -0.25) is 9.59 Å². The molecule has 1 aromatic carbocycles. The zero-order valence-corrected chi connectivity index (χ0v) is 14.6. The first-order valence-corrected chi connectivity index (χ1v) is 8.31. The smallest absolute Gasteiger partial charge is 0.271 e. The number of carbonyl (C=O) groups excluding carboxylic acids is 2. The van der Waals surface area contributed by atoms with E-state index in [0.29, 0.717) is 17.8 Å². The third-order valence-electron chi connectivity index (χ3n) is 3.42. The Morgan fingerprint density at radius 2 is 2.09 bits per heavy atom. The first-order chi connectivity index (χ1) is 11.0. The highest BCUT2D eigenvalue weighted by Crippen LogP contribution is 2.11. The fourth-order valence-corrected chi connectivity index (χ4v) is 2.44. The van der Waals surface area contributed by atoms with Gasteiger partial charge in [-0.25, -0.2) is 5.43 Å². The van der Waals surface area contributed by atoms with Crippen molar-refractivity contribution in [3.05, 3.63) is 34.3 Å². The summed E-state index contributed by atoms with van der Waals surface area (Å²) in [4.78, 5) is 23.7. The molecule has 0 radical (unpaired) electrons. The lowest BCUT2D eigenvalue weighted by Crippen LogP contribution is -2.33. The van der Waals surface area contributed by atoms with E-state index in [1.807, 2.05) is 0 Å². The van der Waals surface area contributed by atoms with Crippen molar-refractivity contribution in [2.75, 3.05) is 13.2 Å². The summed E-state index contributed by atoms with van der Waals surface area (Å²) in [5.74, 6) is -0.434. The first-order valence-electron chi connectivity index (χ1n) is 7.52. The minimum atomic E-state index is -0.309. The maximum absolute atomic E-state index is 11.9. The van der Waals surface area contributed by atoms with Crippen molar-refractivity contribution in [1.82, 2.24) is 10.7 Å². The van der Waals surface area contributed by atoms with E-state index < -0.39 is 0 Å². The molecular weight excluding hydrogens is 362 g/mol. The standard InChI is InChI=1S/C16H20BrN3O3/c1-11(9-15(21)18-10-14-3-2-8-23-14)19-20-16(22)12-4-6-13(17)7-5-12/h4-7,14H,2-3,8-10H2,1H3,(H,18,21)(H,20,22)/b19-11+. The fourth-order valence-electron chi connectivity index (χ4n) is 2.18. The van der Waals surface area contributed by atoms with Gasteiger partial charge in [0.25, 0.3) is 5.91 Å². The molecular formula is C16H20BrN3O3. The van der Waals surface area contributed by atoms with Crippen LogP contribution < -0.4 is 10.7 Å². The van der Waals surface area contributed by atoms with Crippen LogP contribution in [0.2, 0.25) is 0 Å². The van der Waals surface area contributed by atoms with Gasteiger partial charge in [-0.1, -0.05) is 15.9 Å². The monoisotopic (exact) mass is 381 g/mol. The summed E-state index contributed by atoms with van der Waals surface area (Å²) in [6.45, 7) is 2.99. The Morgan fingerprint density at radius 1 is 1.35 bits per heavy atom. The molecule has 0 aromatic heterocycles. The minimum Gasteiger partial charge on any atom is -0.376 e. The molecule has 1 saturated heterocycles. The van der Waals surface area contributed by atoms with E-state index in [0.717, 1.165) is 23.9 Å². The zero-order chi connectivity index (χ0) is 16.7. The number of hydrogen-bond acceptors (Lipinski definition) is 4. The maximum atomic E-state index is 11.9. The van der Waals surface area contributed by atoms with Gasteiger partial charge in [-0.05, 0) is 44.0 Å². The molecule has 1 atom stereocenters. The molecule has 2 rings (SSSR count). The van der Waals surface area contributed by atoms with Crippen LogP contribution >= 0.6 is 15.9 Å². The molecule has 0 bridgehead atoms. The van der Waals surface area contributed by atoms with Crippen LogP contribution in [0.25, 0.3) is 0 Å². The van der Waals surface area contributed by atoms with Crippen molar-refractivity contribution in [1.29, 1.82) is 0 Å². The Kier molecular flexibility index (Phi) is 6.73. The van der Waals surface area contributed by atoms with E-state index in [1.165, 1.54) is 0 Å². The number of ether oxygens (including phenoxy) is 1. The van der Waals surface area contributed by atoms with Gasteiger partial charge < -0.3 is 10.1 Å². The number of hydrogen-bond donors (Lipinski definition) is 2. The van der Waals surface area contributed by atoms with Gasteiger partial charge >= 0.3 is 0 Å². The van der Waals surface area contributed by atoms with Crippen molar-refractivity contribution < 1.29 is 14.3 Å². The molecule has 2 amide bonds. The Balaban J connectivity index is 1.74. The molecule has 1 fully saturated rings. The molecule has 1 heterocycles. The zero-order valence-electron chi connectivity index (χ0n) is 13.0.